The first-order valence-corrected chi connectivity index (χ1v) is 4.13. The van der Waals surface area contributed by atoms with Gasteiger partial charge >= 0.3 is 0 Å². The van der Waals surface area contributed by atoms with E-state index in [-0.39, 0.29) is 19.1 Å². The van der Waals surface area contributed by atoms with Gasteiger partial charge in [-0.25, -0.2) is 0 Å². The highest BCUT2D eigenvalue weighted by Gasteiger charge is 2.11. The van der Waals surface area contributed by atoms with Gasteiger partial charge in [-0.2, -0.15) is 0 Å². The minimum Gasteiger partial charge on any atom is -0.396 e. The number of aliphatic hydroxyl groups excluding tert-OH is 2. The lowest BCUT2D eigenvalue weighted by atomic mass is 10.0. The number of aliphatic hydroxyl groups is 2. The van der Waals surface area contributed by atoms with Crippen LogP contribution < -0.4 is 0 Å². The Hall–Kier alpha value is -0.570. The van der Waals surface area contributed by atoms with Crippen molar-refractivity contribution in [1.82, 2.24) is 0 Å². The van der Waals surface area contributed by atoms with Crippen molar-refractivity contribution in [2.45, 2.75) is 5.92 Å². The van der Waals surface area contributed by atoms with E-state index in [1.807, 2.05) is 12.1 Å². The highest BCUT2D eigenvalue weighted by Crippen LogP contribution is 2.23. The number of benzene rings is 1. The fraction of sp³-hybridized carbons (Fsp3) is 0.333. The molecule has 0 bridgehead atoms. The number of halogens is 1. The molecule has 2 nitrogen and oxygen atoms in total. The zero-order valence-electron chi connectivity index (χ0n) is 6.57. The Morgan fingerprint density at radius 3 is 2.25 bits per heavy atom. The zero-order valence-corrected chi connectivity index (χ0v) is 7.33. The fourth-order valence-corrected chi connectivity index (χ4v) is 1.35. The second-order valence-corrected chi connectivity index (χ2v) is 2.99. The lowest BCUT2D eigenvalue weighted by Crippen LogP contribution is -2.08. The molecule has 1 aromatic carbocycles. The molecular weight excluding hydrogens is 176 g/mol. The molecule has 12 heavy (non-hydrogen) atoms. The van der Waals surface area contributed by atoms with E-state index in [1.165, 1.54) is 0 Å². The number of hydrogen-bond donors (Lipinski definition) is 2. The Balaban J connectivity index is 2.92. The fourth-order valence-electron chi connectivity index (χ4n) is 1.06. The van der Waals surface area contributed by atoms with Gasteiger partial charge in [0.05, 0.1) is 13.2 Å². The molecule has 1 aromatic rings. The van der Waals surface area contributed by atoms with Gasteiger partial charge in [-0.15, -0.1) is 0 Å². The van der Waals surface area contributed by atoms with Crippen molar-refractivity contribution in [1.29, 1.82) is 0 Å². The Morgan fingerprint density at radius 2 is 1.75 bits per heavy atom. The van der Waals surface area contributed by atoms with Crippen molar-refractivity contribution < 1.29 is 10.2 Å². The van der Waals surface area contributed by atoms with E-state index in [1.54, 1.807) is 12.1 Å². The minimum atomic E-state index is -0.265. The molecule has 0 spiro atoms. The first kappa shape index (κ1) is 9.52. The van der Waals surface area contributed by atoms with Crippen LogP contribution in [0.4, 0.5) is 0 Å². The SMILES string of the molecule is OCC(CO)c1ccccc1Cl. The highest BCUT2D eigenvalue weighted by molar-refractivity contribution is 6.31. The van der Waals surface area contributed by atoms with Crippen LogP contribution in [0, 0.1) is 0 Å². The second kappa shape index (κ2) is 4.45. The predicted molar refractivity (Wildman–Crippen MR) is 48.4 cm³/mol. The molecule has 0 amide bonds. The summed E-state index contributed by atoms with van der Waals surface area (Å²) in [6, 6.07) is 7.20. The molecule has 0 aliphatic carbocycles. The summed E-state index contributed by atoms with van der Waals surface area (Å²) in [6.07, 6.45) is 0. The summed E-state index contributed by atoms with van der Waals surface area (Å²) in [6.45, 7) is -0.166. The van der Waals surface area contributed by atoms with Crippen molar-refractivity contribution in [3.8, 4) is 0 Å². The third-order valence-electron chi connectivity index (χ3n) is 1.79. The standard InChI is InChI=1S/C9H11ClO2/c10-9-4-2-1-3-8(9)7(5-11)6-12/h1-4,7,11-12H,5-6H2. The van der Waals surface area contributed by atoms with E-state index in [0.717, 1.165) is 5.56 Å². The molecular formula is C9H11ClO2. The smallest absolute Gasteiger partial charge is 0.0522 e. The van der Waals surface area contributed by atoms with E-state index in [4.69, 9.17) is 21.8 Å². The third kappa shape index (κ3) is 1.97. The monoisotopic (exact) mass is 186 g/mol. The first-order chi connectivity index (χ1) is 5.79. The van der Waals surface area contributed by atoms with E-state index in [9.17, 15) is 0 Å². The topological polar surface area (TPSA) is 40.5 Å². The van der Waals surface area contributed by atoms with Crippen molar-refractivity contribution >= 4 is 11.6 Å². The van der Waals surface area contributed by atoms with Crippen LogP contribution >= 0.6 is 11.6 Å². The molecule has 0 fully saturated rings. The van der Waals surface area contributed by atoms with Crippen molar-refractivity contribution in [3.05, 3.63) is 34.9 Å². The Labute approximate surface area is 76.4 Å². The molecule has 0 aliphatic rings. The van der Waals surface area contributed by atoms with Gasteiger partial charge in [0.15, 0.2) is 0 Å². The number of hydrogen-bond acceptors (Lipinski definition) is 2. The van der Waals surface area contributed by atoms with Crippen LogP contribution in [-0.2, 0) is 0 Å². The Bertz CT molecular complexity index is 246. The van der Waals surface area contributed by atoms with Crippen molar-refractivity contribution in [2.75, 3.05) is 13.2 Å². The average molecular weight is 187 g/mol. The molecule has 0 saturated carbocycles. The molecule has 66 valence electrons. The minimum absolute atomic E-state index is 0.0831. The molecule has 0 unspecified atom stereocenters. The van der Waals surface area contributed by atoms with Crippen LogP contribution in [0.3, 0.4) is 0 Å². The highest BCUT2D eigenvalue weighted by atomic mass is 35.5. The van der Waals surface area contributed by atoms with Gasteiger partial charge in [-0.3, -0.25) is 0 Å². The molecule has 0 aliphatic heterocycles. The van der Waals surface area contributed by atoms with E-state index >= 15 is 0 Å². The summed E-state index contributed by atoms with van der Waals surface area (Å²) in [4.78, 5) is 0. The normalized spacial score (nSPS) is 10.7. The van der Waals surface area contributed by atoms with Gasteiger partial charge in [0, 0.05) is 10.9 Å². The van der Waals surface area contributed by atoms with Crippen LogP contribution in [0.25, 0.3) is 0 Å². The average Bonchev–Trinajstić information content (AvgIpc) is 2.10. The summed E-state index contributed by atoms with van der Waals surface area (Å²) < 4.78 is 0. The lowest BCUT2D eigenvalue weighted by Gasteiger charge is -2.12. The summed E-state index contributed by atoms with van der Waals surface area (Å²) in [7, 11) is 0. The van der Waals surface area contributed by atoms with Crippen LogP contribution in [0.2, 0.25) is 5.02 Å². The lowest BCUT2D eigenvalue weighted by molar-refractivity contribution is 0.192. The van der Waals surface area contributed by atoms with Crippen LogP contribution in [0.1, 0.15) is 11.5 Å². The molecule has 0 aromatic heterocycles. The van der Waals surface area contributed by atoms with Crippen LogP contribution in [0.5, 0.6) is 0 Å². The molecule has 0 saturated heterocycles. The Morgan fingerprint density at radius 1 is 1.17 bits per heavy atom. The van der Waals surface area contributed by atoms with E-state index in [0.29, 0.717) is 5.02 Å². The molecule has 1 rings (SSSR count). The summed E-state index contributed by atoms with van der Waals surface area (Å²) in [5.41, 5.74) is 0.796. The van der Waals surface area contributed by atoms with Gasteiger partial charge in [0.25, 0.3) is 0 Å². The molecule has 3 heteroatoms. The maximum absolute atomic E-state index is 8.89. The molecule has 2 N–H and O–H groups in total. The first-order valence-electron chi connectivity index (χ1n) is 3.75. The van der Waals surface area contributed by atoms with E-state index in [2.05, 4.69) is 0 Å². The summed E-state index contributed by atoms with van der Waals surface area (Å²) >= 11 is 5.85. The van der Waals surface area contributed by atoms with Gasteiger partial charge in [-0.05, 0) is 11.6 Å². The molecule has 0 atom stereocenters. The maximum Gasteiger partial charge on any atom is 0.0522 e. The van der Waals surface area contributed by atoms with Gasteiger partial charge in [0.2, 0.25) is 0 Å². The van der Waals surface area contributed by atoms with Gasteiger partial charge < -0.3 is 10.2 Å². The largest absolute Gasteiger partial charge is 0.396 e. The molecule has 0 radical (unpaired) electrons. The van der Waals surface area contributed by atoms with Gasteiger partial charge in [0.1, 0.15) is 0 Å². The van der Waals surface area contributed by atoms with E-state index < -0.39 is 0 Å². The van der Waals surface area contributed by atoms with Gasteiger partial charge in [-0.1, -0.05) is 29.8 Å². The van der Waals surface area contributed by atoms with Crippen LogP contribution in [0.15, 0.2) is 24.3 Å². The molecule has 0 heterocycles. The summed E-state index contributed by atoms with van der Waals surface area (Å²) in [5.74, 6) is -0.265. The second-order valence-electron chi connectivity index (χ2n) is 2.58. The zero-order chi connectivity index (χ0) is 8.97. The quantitative estimate of drug-likeness (QED) is 0.750. The third-order valence-corrected chi connectivity index (χ3v) is 2.13. The van der Waals surface area contributed by atoms with Crippen LogP contribution in [-0.4, -0.2) is 23.4 Å². The summed E-state index contributed by atoms with van der Waals surface area (Å²) in [5, 5.41) is 18.4. The van der Waals surface area contributed by atoms with Crippen molar-refractivity contribution in [3.63, 3.8) is 0 Å². The maximum atomic E-state index is 8.89. The predicted octanol–water partition coefficient (Wildman–Crippen LogP) is 1.41. The Kier molecular flexibility index (Phi) is 3.53. The van der Waals surface area contributed by atoms with Crippen molar-refractivity contribution in [2.24, 2.45) is 0 Å². The number of rotatable bonds is 3.